The summed E-state index contributed by atoms with van der Waals surface area (Å²) in [4.78, 5) is 0. The van der Waals surface area contributed by atoms with Crippen LogP contribution in [-0.4, -0.2) is 23.8 Å². The van der Waals surface area contributed by atoms with Crippen LogP contribution in [0.4, 0.5) is 0 Å². The van der Waals surface area contributed by atoms with E-state index in [1.54, 1.807) is 0 Å². The summed E-state index contributed by atoms with van der Waals surface area (Å²) in [7, 11) is 0. The Bertz CT molecular complexity index is 183. The maximum Gasteiger partial charge on any atom is 0.265 e. The molecular weight excluding hydrogens is 271 g/mol. The third-order valence-corrected chi connectivity index (χ3v) is 3.97. The average molecular weight is 299 g/mol. The van der Waals surface area contributed by atoms with Gasteiger partial charge in [-0.25, -0.2) is 0 Å². The Labute approximate surface area is 122 Å². The van der Waals surface area contributed by atoms with Crippen LogP contribution in [0.15, 0.2) is 0 Å². The fraction of sp³-hybridized carbons (Fsp3) is 1.00. The third-order valence-electron chi connectivity index (χ3n) is 2.87. The summed E-state index contributed by atoms with van der Waals surface area (Å²) >= 11 is 12.6. The molecule has 0 spiro atoms. The summed E-state index contributed by atoms with van der Waals surface area (Å²) in [5.74, 6) is 0. The average Bonchev–Trinajstić information content (AvgIpc) is 2.34. The second kappa shape index (κ2) is 11.3. The van der Waals surface area contributed by atoms with Crippen LogP contribution in [-0.2, 0) is 9.47 Å². The van der Waals surface area contributed by atoms with Gasteiger partial charge in [-0.3, -0.25) is 0 Å². The van der Waals surface area contributed by atoms with E-state index in [1.165, 1.54) is 32.1 Å². The minimum Gasteiger partial charge on any atom is -0.336 e. The molecule has 0 aliphatic rings. The van der Waals surface area contributed by atoms with Crippen LogP contribution in [0.5, 0.6) is 0 Å². The first-order chi connectivity index (χ1) is 8.60. The van der Waals surface area contributed by atoms with Crippen LogP contribution < -0.4 is 0 Å². The highest BCUT2D eigenvalue weighted by Crippen LogP contribution is 2.31. The normalized spacial score (nSPS) is 13.8. The lowest BCUT2D eigenvalue weighted by molar-refractivity contribution is -0.174. The van der Waals surface area contributed by atoms with Crippen molar-refractivity contribution in [2.75, 3.05) is 13.2 Å². The summed E-state index contributed by atoms with van der Waals surface area (Å²) in [6, 6.07) is 0. The molecule has 4 heteroatoms. The second-order valence-corrected chi connectivity index (χ2v) is 5.53. The van der Waals surface area contributed by atoms with Gasteiger partial charge in [-0.15, -0.1) is 11.6 Å². The van der Waals surface area contributed by atoms with Gasteiger partial charge in [0.05, 0.1) is 0 Å². The van der Waals surface area contributed by atoms with Crippen molar-refractivity contribution in [3.8, 4) is 0 Å². The minimum absolute atomic E-state index is 0.301. The van der Waals surface area contributed by atoms with E-state index in [-0.39, 0.29) is 5.38 Å². The van der Waals surface area contributed by atoms with E-state index < -0.39 is 5.25 Å². The first kappa shape index (κ1) is 18.5. The van der Waals surface area contributed by atoms with E-state index in [9.17, 15) is 0 Å². The Morgan fingerprint density at radius 2 is 1.39 bits per heavy atom. The molecule has 0 aliphatic carbocycles. The van der Waals surface area contributed by atoms with Gasteiger partial charge in [-0.2, -0.15) is 0 Å². The summed E-state index contributed by atoms with van der Waals surface area (Å²) in [5.41, 5.74) is 0. The molecule has 1 atom stereocenters. The molecule has 0 radical (unpaired) electrons. The molecule has 0 fully saturated rings. The van der Waals surface area contributed by atoms with Crippen molar-refractivity contribution >= 4 is 23.2 Å². The minimum atomic E-state index is -1.16. The van der Waals surface area contributed by atoms with Crippen molar-refractivity contribution in [1.29, 1.82) is 0 Å². The topological polar surface area (TPSA) is 18.5 Å². The lowest BCUT2D eigenvalue weighted by Gasteiger charge is -2.30. The lowest BCUT2D eigenvalue weighted by Crippen LogP contribution is -2.39. The number of unbranched alkanes of at least 4 members (excludes halogenated alkanes) is 5. The molecule has 1 unspecified atom stereocenters. The first-order valence-corrected chi connectivity index (χ1v) is 8.03. The fourth-order valence-corrected chi connectivity index (χ4v) is 2.50. The van der Waals surface area contributed by atoms with Crippen LogP contribution in [0.2, 0.25) is 0 Å². The van der Waals surface area contributed by atoms with Crippen molar-refractivity contribution in [2.45, 2.75) is 76.3 Å². The standard InChI is InChI=1S/C14H28Cl2O2/c1-4-7-8-9-10-11-12-13(15)14(16,17-5-2)18-6-3/h13H,4-12H2,1-3H3. The predicted molar refractivity (Wildman–Crippen MR) is 79.5 cm³/mol. The number of rotatable bonds is 12. The Kier molecular flexibility index (Phi) is 11.7. The van der Waals surface area contributed by atoms with E-state index in [4.69, 9.17) is 32.7 Å². The molecule has 0 amide bonds. The van der Waals surface area contributed by atoms with Gasteiger partial charge < -0.3 is 9.47 Å². The molecule has 2 nitrogen and oxygen atoms in total. The number of ether oxygens (including phenoxy) is 2. The highest BCUT2D eigenvalue weighted by molar-refractivity contribution is 6.31. The molecule has 0 aromatic carbocycles. The molecule has 0 heterocycles. The Hall–Kier alpha value is 0.500. The van der Waals surface area contributed by atoms with Gasteiger partial charge >= 0.3 is 0 Å². The summed E-state index contributed by atoms with van der Waals surface area (Å²) < 4.78 is 10.9. The molecule has 0 saturated heterocycles. The summed E-state index contributed by atoms with van der Waals surface area (Å²) in [6.45, 7) is 7.02. The summed E-state index contributed by atoms with van der Waals surface area (Å²) in [5, 5.41) is -1.46. The number of hydrogen-bond acceptors (Lipinski definition) is 2. The van der Waals surface area contributed by atoms with Gasteiger partial charge in [-0.1, -0.05) is 57.0 Å². The van der Waals surface area contributed by atoms with Crippen molar-refractivity contribution in [2.24, 2.45) is 0 Å². The molecule has 18 heavy (non-hydrogen) atoms. The molecule has 0 N–H and O–H groups in total. The van der Waals surface area contributed by atoms with Gasteiger partial charge in [0, 0.05) is 13.2 Å². The van der Waals surface area contributed by atoms with Crippen molar-refractivity contribution in [3.05, 3.63) is 0 Å². The third kappa shape index (κ3) is 7.83. The predicted octanol–water partition coefficient (Wildman–Crippen LogP) is 5.31. The first-order valence-electron chi connectivity index (χ1n) is 7.21. The molecule has 0 aromatic heterocycles. The number of hydrogen-bond donors (Lipinski definition) is 0. The molecule has 0 aromatic rings. The van der Waals surface area contributed by atoms with Crippen molar-refractivity contribution < 1.29 is 9.47 Å². The molecule has 0 rings (SSSR count). The van der Waals surface area contributed by atoms with Gasteiger partial charge in [0.2, 0.25) is 0 Å². The van der Waals surface area contributed by atoms with Crippen LogP contribution in [0.1, 0.15) is 65.7 Å². The molecular formula is C14H28Cl2O2. The van der Waals surface area contributed by atoms with E-state index in [0.717, 1.165) is 12.8 Å². The van der Waals surface area contributed by atoms with Crippen LogP contribution in [0.3, 0.4) is 0 Å². The second-order valence-electron chi connectivity index (χ2n) is 4.47. The zero-order chi connectivity index (χ0) is 13.9. The fourth-order valence-electron chi connectivity index (χ4n) is 1.89. The van der Waals surface area contributed by atoms with Gasteiger partial charge in [0.25, 0.3) is 5.25 Å². The van der Waals surface area contributed by atoms with Gasteiger partial charge in [0.1, 0.15) is 5.38 Å². The Morgan fingerprint density at radius 1 is 0.889 bits per heavy atom. The molecule has 0 bridgehead atoms. The molecule has 110 valence electrons. The smallest absolute Gasteiger partial charge is 0.265 e. The van der Waals surface area contributed by atoms with E-state index in [0.29, 0.717) is 13.2 Å². The van der Waals surface area contributed by atoms with Crippen LogP contribution >= 0.6 is 23.2 Å². The van der Waals surface area contributed by atoms with Crippen molar-refractivity contribution in [3.63, 3.8) is 0 Å². The Morgan fingerprint density at radius 3 is 1.89 bits per heavy atom. The number of halogens is 2. The van der Waals surface area contributed by atoms with Gasteiger partial charge in [0.15, 0.2) is 0 Å². The summed E-state index contributed by atoms with van der Waals surface area (Å²) in [6.07, 6.45) is 8.29. The maximum atomic E-state index is 6.30. The highest BCUT2D eigenvalue weighted by atomic mass is 35.5. The largest absolute Gasteiger partial charge is 0.336 e. The highest BCUT2D eigenvalue weighted by Gasteiger charge is 2.37. The maximum absolute atomic E-state index is 6.30. The van der Waals surface area contributed by atoms with Crippen molar-refractivity contribution in [1.82, 2.24) is 0 Å². The SMILES string of the molecule is CCCCCCCCC(Cl)C(Cl)(OCC)OCC. The number of alkyl halides is 2. The van der Waals surface area contributed by atoms with Crippen LogP contribution in [0.25, 0.3) is 0 Å². The van der Waals surface area contributed by atoms with Gasteiger partial charge in [-0.05, 0) is 20.3 Å². The van der Waals surface area contributed by atoms with E-state index in [1.807, 2.05) is 13.8 Å². The van der Waals surface area contributed by atoms with Crippen LogP contribution in [0, 0.1) is 0 Å². The monoisotopic (exact) mass is 298 g/mol. The quantitative estimate of drug-likeness (QED) is 0.276. The zero-order valence-corrected chi connectivity index (χ0v) is 13.5. The van der Waals surface area contributed by atoms with E-state index in [2.05, 4.69) is 6.92 Å². The molecule has 0 saturated carbocycles. The van der Waals surface area contributed by atoms with E-state index >= 15 is 0 Å². The Balaban J connectivity index is 3.84. The molecule has 0 aliphatic heterocycles. The lowest BCUT2D eigenvalue weighted by atomic mass is 10.1. The zero-order valence-electron chi connectivity index (χ0n) is 12.0.